The molecular formula is C21H29F6N5O6. The van der Waals surface area contributed by atoms with E-state index in [9.17, 15) is 35.9 Å². The van der Waals surface area contributed by atoms with Gasteiger partial charge in [-0.05, 0) is 12.3 Å². The maximum absolute atomic E-state index is 13.0. The van der Waals surface area contributed by atoms with Crippen LogP contribution in [-0.4, -0.2) is 111 Å². The van der Waals surface area contributed by atoms with E-state index in [0.29, 0.717) is 12.5 Å². The van der Waals surface area contributed by atoms with Crippen molar-refractivity contribution in [2.45, 2.75) is 32.2 Å². The fourth-order valence-corrected chi connectivity index (χ4v) is 3.97. The number of imidazole rings is 1. The zero-order valence-corrected chi connectivity index (χ0v) is 21.0. The molecule has 1 spiro atoms. The molecule has 2 aliphatic heterocycles. The Labute approximate surface area is 213 Å². The predicted octanol–water partition coefficient (Wildman–Crippen LogP) is 1.45. The Hall–Kier alpha value is -3.37. The number of carboxylic acids is 2. The molecule has 1 aromatic rings. The lowest BCUT2D eigenvalue weighted by Gasteiger charge is -2.27. The number of carbonyl (C=O) groups is 4. The highest BCUT2D eigenvalue weighted by atomic mass is 19.4. The van der Waals surface area contributed by atoms with Crippen LogP contribution in [0.2, 0.25) is 0 Å². The van der Waals surface area contributed by atoms with Crippen LogP contribution in [0.5, 0.6) is 0 Å². The average molecular weight is 561 g/mol. The van der Waals surface area contributed by atoms with E-state index in [-0.39, 0.29) is 23.8 Å². The summed E-state index contributed by atoms with van der Waals surface area (Å²) >= 11 is 0. The summed E-state index contributed by atoms with van der Waals surface area (Å²) in [6, 6.07) is 0. The molecule has 3 rings (SSSR count). The van der Waals surface area contributed by atoms with E-state index in [1.165, 1.54) is 0 Å². The molecule has 0 saturated carbocycles. The first kappa shape index (κ1) is 32.7. The van der Waals surface area contributed by atoms with Crippen LogP contribution in [0.3, 0.4) is 0 Å². The summed E-state index contributed by atoms with van der Waals surface area (Å²) in [6.45, 7) is 5.45. The van der Waals surface area contributed by atoms with Crippen molar-refractivity contribution in [2.24, 2.45) is 18.4 Å². The molecule has 0 aromatic carbocycles. The lowest BCUT2D eigenvalue weighted by molar-refractivity contribution is -0.193. The summed E-state index contributed by atoms with van der Waals surface area (Å²) in [5, 5.41) is 14.2. The molecule has 2 N–H and O–H groups in total. The molecule has 3 heterocycles. The number of likely N-dealkylation sites (N-methyl/N-ethyl adjacent to an activating group) is 1. The van der Waals surface area contributed by atoms with Crippen molar-refractivity contribution >= 4 is 23.8 Å². The molecule has 216 valence electrons. The van der Waals surface area contributed by atoms with Crippen molar-refractivity contribution in [3.05, 3.63) is 18.2 Å². The molecule has 0 unspecified atom stereocenters. The molecule has 17 heteroatoms. The molecule has 0 aliphatic carbocycles. The number of amides is 2. The smallest absolute Gasteiger partial charge is 0.475 e. The van der Waals surface area contributed by atoms with E-state index in [1.54, 1.807) is 30.1 Å². The number of likely N-dealkylation sites (tertiary alicyclic amines) is 2. The maximum Gasteiger partial charge on any atom is 0.490 e. The van der Waals surface area contributed by atoms with Gasteiger partial charge in [0.05, 0.1) is 18.5 Å². The number of alkyl halides is 6. The van der Waals surface area contributed by atoms with Crippen LogP contribution in [0.4, 0.5) is 26.3 Å². The minimum absolute atomic E-state index is 0.0177. The summed E-state index contributed by atoms with van der Waals surface area (Å²) in [4.78, 5) is 52.8. The molecule has 11 nitrogen and oxygen atoms in total. The second kappa shape index (κ2) is 12.4. The predicted molar refractivity (Wildman–Crippen MR) is 117 cm³/mol. The van der Waals surface area contributed by atoms with E-state index in [2.05, 4.69) is 16.8 Å². The van der Waals surface area contributed by atoms with Crippen LogP contribution in [-0.2, 0) is 32.8 Å². The van der Waals surface area contributed by atoms with Gasteiger partial charge in [-0.2, -0.15) is 26.3 Å². The second-order valence-corrected chi connectivity index (χ2v) is 9.05. The Bertz CT molecular complexity index is 987. The normalized spacial score (nSPS) is 21.5. The standard InChI is InChI=1S/C17H27N5O2.2C2HF3O2/c1-13-9-21(10-14-18-6-8-20(14)4)12-17(13)5-7-22(16(17)24)11-15(23)19(2)3;2*3-2(4,5)1(6)7/h6,8,13H,5,7,9-12H2,1-4H3;2*(H,6,7)/t13-,17-;;/m0../s1. The number of carboxylic acid groups (broad SMARTS) is 2. The van der Waals surface area contributed by atoms with Gasteiger partial charge in [-0.3, -0.25) is 14.5 Å². The Morgan fingerprint density at radius 3 is 2.00 bits per heavy atom. The highest BCUT2D eigenvalue weighted by Crippen LogP contribution is 2.44. The van der Waals surface area contributed by atoms with Crippen LogP contribution in [0, 0.1) is 11.3 Å². The summed E-state index contributed by atoms with van der Waals surface area (Å²) < 4.78 is 65.5. The van der Waals surface area contributed by atoms with Gasteiger partial charge in [0, 0.05) is 53.2 Å². The number of nitrogens with zero attached hydrogens (tertiary/aromatic N) is 5. The fraction of sp³-hybridized carbons (Fsp3) is 0.667. The molecule has 2 fully saturated rings. The third-order valence-electron chi connectivity index (χ3n) is 6.12. The van der Waals surface area contributed by atoms with Crippen LogP contribution in [0.1, 0.15) is 19.2 Å². The first-order valence-electron chi connectivity index (χ1n) is 11.0. The van der Waals surface area contributed by atoms with Gasteiger partial charge in [0.1, 0.15) is 5.82 Å². The van der Waals surface area contributed by atoms with Crippen LogP contribution < -0.4 is 0 Å². The number of aromatic nitrogens is 2. The van der Waals surface area contributed by atoms with Crippen molar-refractivity contribution < 1.29 is 55.7 Å². The summed E-state index contributed by atoms with van der Waals surface area (Å²) in [7, 11) is 5.45. The van der Waals surface area contributed by atoms with Gasteiger partial charge in [-0.1, -0.05) is 6.92 Å². The number of aliphatic carboxylic acids is 2. The van der Waals surface area contributed by atoms with Gasteiger partial charge in [0.25, 0.3) is 0 Å². The molecule has 2 aliphatic rings. The SMILES string of the molecule is C[C@H]1CN(Cc2nccn2C)C[C@@]12CCN(CC(=O)N(C)C)C2=O.O=C(O)C(F)(F)F.O=C(O)C(F)(F)F. The summed E-state index contributed by atoms with van der Waals surface area (Å²) in [5.74, 6) is -4.07. The van der Waals surface area contributed by atoms with Gasteiger partial charge < -0.3 is 24.6 Å². The lowest BCUT2D eigenvalue weighted by atomic mass is 9.78. The fourth-order valence-electron chi connectivity index (χ4n) is 3.97. The van der Waals surface area contributed by atoms with Crippen molar-refractivity contribution in [2.75, 3.05) is 40.3 Å². The number of rotatable bonds is 4. The Balaban J connectivity index is 0.000000426. The average Bonchev–Trinajstić information content (AvgIpc) is 3.41. The van der Waals surface area contributed by atoms with E-state index in [1.807, 2.05) is 17.8 Å². The number of hydrogen-bond acceptors (Lipinski definition) is 6. The van der Waals surface area contributed by atoms with Crippen LogP contribution >= 0.6 is 0 Å². The summed E-state index contributed by atoms with van der Waals surface area (Å²) in [6.07, 6.45) is -5.58. The quantitative estimate of drug-likeness (QED) is 0.528. The molecule has 1 aromatic heterocycles. The van der Waals surface area contributed by atoms with Crippen molar-refractivity contribution in [1.82, 2.24) is 24.3 Å². The zero-order chi connectivity index (χ0) is 29.6. The van der Waals surface area contributed by atoms with Gasteiger partial charge in [0.15, 0.2) is 0 Å². The van der Waals surface area contributed by atoms with Crippen LogP contribution in [0.25, 0.3) is 0 Å². The van der Waals surface area contributed by atoms with Crippen molar-refractivity contribution in [1.29, 1.82) is 0 Å². The van der Waals surface area contributed by atoms with Gasteiger partial charge in [0.2, 0.25) is 11.8 Å². The van der Waals surface area contributed by atoms with Gasteiger partial charge in [-0.15, -0.1) is 0 Å². The minimum atomic E-state index is -5.08. The van der Waals surface area contributed by atoms with Gasteiger partial charge in [-0.25, -0.2) is 14.6 Å². The highest BCUT2D eigenvalue weighted by Gasteiger charge is 2.55. The Kier molecular flexibility index (Phi) is 10.7. The van der Waals surface area contributed by atoms with Gasteiger partial charge >= 0.3 is 24.3 Å². The molecule has 0 radical (unpaired) electrons. The first-order chi connectivity index (χ1) is 17.2. The number of halogens is 6. The molecular weight excluding hydrogens is 532 g/mol. The number of carbonyl (C=O) groups excluding carboxylic acids is 2. The zero-order valence-electron chi connectivity index (χ0n) is 21.0. The molecule has 2 amide bonds. The topological polar surface area (TPSA) is 136 Å². The minimum Gasteiger partial charge on any atom is -0.475 e. The lowest BCUT2D eigenvalue weighted by Crippen LogP contribution is -2.43. The van der Waals surface area contributed by atoms with E-state index in [4.69, 9.17) is 19.8 Å². The second-order valence-electron chi connectivity index (χ2n) is 9.05. The maximum atomic E-state index is 13.0. The largest absolute Gasteiger partial charge is 0.490 e. The number of aryl methyl sites for hydroxylation is 1. The third-order valence-corrected chi connectivity index (χ3v) is 6.12. The Morgan fingerprint density at radius 1 is 1.11 bits per heavy atom. The molecule has 38 heavy (non-hydrogen) atoms. The monoisotopic (exact) mass is 561 g/mol. The van der Waals surface area contributed by atoms with Crippen molar-refractivity contribution in [3.63, 3.8) is 0 Å². The first-order valence-corrected chi connectivity index (χ1v) is 11.0. The Morgan fingerprint density at radius 2 is 1.61 bits per heavy atom. The van der Waals surface area contributed by atoms with E-state index < -0.39 is 24.3 Å². The summed E-state index contributed by atoms with van der Waals surface area (Å²) in [5.41, 5.74) is -0.336. The highest BCUT2D eigenvalue weighted by molar-refractivity contribution is 5.90. The molecule has 2 saturated heterocycles. The van der Waals surface area contributed by atoms with Crippen molar-refractivity contribution in [3.8, 4) is 0 Å². The molecule has 2 atom stereocenters. The number of hydrogen-bond donors (Lipinski definition) is 2. The molecule has 0 bridgehead atoms. The van der Waals surface area contributed by atoms with E-state index in [0.717, 1.165) is 31.9 Å². The van der Waals surface area contributed by atoms with E-state index >= 15 is 0 Å². The van der Waals surface area contributed by atoms with Crippen LogP contribution in [0.15, 0.2) is 12.4 Å². The third kappa shape index (κ3) is 8.59.